The third-order valence-corrected chi connectivity index (χ3v) is 5.00. The second-order valence-corrected chi connectivity index (χ2v) is 7.19. The molecule has 9 heteroatoms. The van der Waals surface area contributed by atoms with E-state index in [9.17, 15) is 4.79 Å². The van der Waals surface area contributed by atoms with Crippen LogP contribution in [0.4, 0.5) is 5.69 Å². The van der Waals surface area contributed by atoms with E-state index >= 15 is 0 Å². The van der Waals surface area contributed by atoms with E-state index in [1.807, 2.05) is 24.8 Å². The number of piperidine rings is 1. The van der Waals surface area contributed by atoms with Crippen LogP contribution in [0.3, 0.4) is 0 Å². The van der Waals surface area contributed by atoms with Gasteiger partial charge < -0.3 is 15.4 Å². The van der Waals surface area contributed by atoms with E-state index in [2.05, 4.69) is 20.2 Å². The van der Waals surface area contributed by atoms with Crippen LogP contribution in [0, 0.1) is 6.92 Å². The summed E-state index contributed by atoms with van der Waals surface area (Å²) < 4.78 is 5.99. The minimum Gasteiger partial charge on any atom is -0.472 e. The van der Waals surface area contributed by atoms with Crippen molar-refractivity contribution in [1.82, 2.24) is 29.9 Å². The van der Waals surface area contributed by atoms with Gasteiger partial charge in [-0.15, -0.1) is 4.80 Å². The molecule has 0 aromatic carbocycles. The van der Waals surface area contributed by atoms with E-state index in [-0.39, 0.29) is 18.1 Å². The molecule has 2 unspecified atom stereocenters. The summed E-state index contributed by atoms with van der Waals surface area (Å²) in [6.45, 7) is 4.36. The fourth-order valence-corrected chi connectivity index (χ4v) is 3.46. The summed E-state index contributed by atoms with van der Waals surface area (Å²) in [5.74, 6) is 0.772. The lowest BCUT2D eigenvalue weighted by molar-refractivity contribution is 0.0372. The SMILES string of the molecule is Cc1ccc(C(=O)N2CC(Oc3cc(N)ccn3)CCC2C)c(-n2nccn2)n1. The van der Waals surface area contributed by atoms with E-state index in [4.69, 9.17) is 10.5 Å². The van der Waals surface area contributed by atoms with Crippen molar-refractivity contribution in [2.75, 3.05) is 12.3 Å². The molecule has 2 atom stereocenters. The molecular weight excluding hydrogens is 370 g/mol. The van der Waals surface area contributed by atoms with Crippen LogP contribution in [0.5, 0.6) is 5.88 Å². The number of nitrogens with two attached hydrogens (primary N) is 1. The number of carbonyl (C=O) groups excluding carboxylic acids is 1. The Bertz CT molecular complexity index is 1010. The molecule has 3 aromatic heterocycles. The van der Waals surface area contributed by atoms with E-state index < -0.39 is 0 Å². The number of rotatable bonds is 4. The van der Waals surface area contributed by atoms with Crippen LogP contribution in [0.25, 0.3) is 5.82 Å². The number of pyridine rings is 2. The Kier molecular flexibility index (Phi) is 5.11. The number of nitrogen functional groups attached to an aromatic ring is 1. The molecule has 0 saturated carbocycles. The van der Waals surface area contributed by atoms with Gasteiger partial charge in [-0.3, -0.25) is 4.79 Å². The number of hydrogen-bond donors (Lipinski definition) is 1. The Balaban J connectivity index is 1.58. The second kappa shape index (κ2) is 7.86. The Morgan fingerprint density at radius 3 is 2.72 bits per heavy atom. The first kappa shape index (κ1) is 18.9. The van der Waals surface area contributed by atoms with Crippen molar-refractivity contribution < 1.29 is 9.53 Å². The van der Waals surface area contributed by atoms with Gasteiger partial charge in [0.1, 0.15) is 6.10 Å². The van der Waals surface area contributed by atoms with E-state index in [0.717, 1.165) is 18.5 Å². The number of likely N-dealkylation sites (tertiary alicyclic amines) is 1. The molecule has 150 valence electrons. The van der Waals surface area contributed by atoms with Crippen LogP contribution in [-0.2, 0) is 0 Å². The van der Waals surface area contributed by atoms with Gasteiger partial charge in [-0.1, -0.05) is 0 Å². The maximum Gasteiger partial charge on any atom is 0.258 e. The Morgan fingerprint density at radius 1 is 1.17 bits per heavy atom. The lowest BCUT2D eigenvalue weighted by Gasteiger charge is -2.38. The van der Waals surface area contributed by atoms with E-state index in [0.29, 0.717) is 29.5 Å². The zero-order valence-corrected chi connectivity index (χ0v) is 16.4. The molecule has 0 spiro atoms. The highest BCUT2D eigenvalue weighted by Gasteiger charge is 2.32. The number of ether oxygens (including phenoxy) is 1. The molecule has 1 aliphatic rings. The van der Waals surface area contributed by atoms with Gasteiger partial charge in [-0.2, -0.15) is 10.2 Å². The Hall–Kier alpha value is -3.49. The highest BCUT2D eigenvalue weighted by molar-refractivity contribution is 5.97. The molecule has 0 radical (unpaired) electrons. The highest BCUT2D eigenvalue weighted by Crippen LogP contribution is 2.25. The average Bonchev–Trinajstić information content (AvgIpc) is 3.24. The van der Waals surface area contributed by atoms with Crippen molar-refractivity contribution in [2.24, 2.45) is 0 Å². The monoisotopic (exact) mass is 393 g/mol. The number of carbonyl (C=O) groups is 1. The molecule has 29 heavy (non-hydrogen) atoms. The van der Waals surface area contributed by atoms with Crippen molar-refractivity contribution in [3.8, 4) is 11.7 Å². The molecular formula is C20H23N7O2. The van der Waals surface area contributed by atoms with E-state index in [1.54, 1.807) is 36.8 Å². The van der Waals surface area contributed by atoms with Crippen LogP contribution < -0.4 is 10.5 Å². The molecule has 1 amide bonds. The molecule has 3 aromatic rings. The molecule has 0 aliphatic carbocycles. The molecule has 2 N–H and O–H groups in total. The van der Waals surface area contributed by atoms with Crippen LogP contribution in [0.2, 0.25) is 0 Å². The summed E-state index contributed by atoms with van der Waals surface area (Å²) in [7, 11) is 0. The maximum absolute atomic E-state index is 13.4. The lowest BCUT2D eigenvalue weighted by Crippen LogP contribution is -2.49. The predicted molar refractivity (Wildman–Crippen MR) is 107 cm³/mol. The molecule has 4 heterocycles. The maximum atomic E-state index is 13.4. The van der Waals surface area contributed by atoms with Gasteiger partial charge in [0, 0.05) is 29.7 Å². The van der Waals surface area contributed by atoms with Gasteiger partial charge in [0.15, 0.2) is 5.82 Å². The summed E-state index contributed by atoms with van der Waals surface area (Å²) in [5.41, 5.74) is 7.64. The van der Waals surface area contributed by atoms with Crippen molar-refractivity contribution in [3.63, 3.8) is 0 Å². The van der Waals surface area contributed by atoms with Crippen LogP contribution in [-0.4, -0.2) is 54.5 Å². The number of anilines is 1. The second-order valence-electron chi connectivity index (χ2n) is 7.19. The minimum absolute atomic E-state index is 0.0795. The molecule has 1 fully saturated rings. The van der Waals surface area contributed by atoms with E-state index in [1.165, 1.54) is 4.80 Å². The standard InChI is InChI=1S/C20H23N7O2/c1-13-3-6-17(19(25-13)27-23-9-10-24-27)20(28)26-12-16(5-4-14(26)2)29-18-11-15(21)7-8-22-18/h3,6-11,14,16H,4-5,12H2,1-2H3,(H2,21,22). The van der Waals surface area contributed by atoms with Gasteiger partial charge in [0.2, 0.25) is 5.88 Å². The van der Waals surface area contributed by atoms with Crippen molar-refractivity contribution >= 4 is 11.6 Å². The fourth-order valence-electron chi connectivity index (χ4n) is 3.46. The number of hydrogen-bond acceptors (Lipinski definition) is 7. The minimum atomic E-state index is -0.158. The largest absolute Gasteiger partial charge is 0.472 e. The van der Waals surface area contributed by atoms with Crippen LogP contribution in [0.1, 0.15) is 35.8 Å². The molecule has 1 aliphatic heterocycles. The molecule has 1 saturated heterocycles. The van der Waals surface area contributed by atoms with Gasteiger partial charge >= 0.3 is 0 Å². The van der Waals surface area contributed by atoms with Crippen molar-refractivity contribution in [1.29, 1.82) is 0 Å². The first-order valence-electron chi connectivity index (χ1n) is 9.55. The summed E-state index contributed by atoms with van der Waals surface area (Å²) >= 11 is 0. The van der Waals surface area contributed by atoms with Gasteiger partial charge in [-0.05, 0) is 44.9 Å². The highest BCUT2D eigenvalue weighted by atomic mass is 16.5. The third-order valence-electron chi connectivity index (χ3n) is 5.00. The predicted octanol–water partition coefficient (Wildman–Crippen LogP) is 2.02. The molecule has 9 nitrogen and oxygen atoms in total. The van der Waals surface area contributed by atoms with Crippen molar-refractivity contribution in [2.45, 2.75) is 38.8 Å². The molecule has 4 rings (SSSR count). The van der Waals surface area contributed by atoms with Gasteiger partial charge in [0.25, 0.3) is 5.91 Å². The smallest absolute Gasteiger partial charge is 0.258 e. The average molecular weight is 393 g/mol. The van der Waals surface area contributed by atoms with Crippen molar-refractivity contribution in [3.05, 3.63) is 54.1 Å². The zero-order valence-electron chi connectivity index (χ0n) is 16.4. The lowest BCUT2D eigenvalue weighted by atomic mass is 10.00. The molecule has 0 bridgehead atoms. The first-order chi connectivity index (χ1) is 14.0. The van der Waals surface area contributed by atoms with Crippen LogP contribution in [0.15, 0.2) is 42.9 Å². The van der Waals surface area contributed by atoms with Gasteiger partial charge in [0.05, 0.1) is 24.5 Å². The number of aryl methyl sites for hydroxylation is 1. The van der Waals surface area contributed by atoms with Gasteiger partial charge in [-0.25, -0.2) is 9.97 Å². The summed E-state index contributed by atoms with van der Waals surface area (Å²) in [6.07, 6.45) is 6.23. The first-order valence-corrected chi connectivity index (χ1v) is 9.55. The zero-order chi connectivity index (χ0) is 20.4. The quantitative estimate of drug-likeness (QED) is 0.721. The number of amides is 1. The Labute approximate surface area is 168 Å². The fraction of sp³-hybridized carbons (Fsp3) is 0.350. The third kappa shape index (κ3) is 4.03. The Morgan fingerprint density at radius 2 is 1.97 bits per heavy atom. The normalized spacial score (nSPS) is 19.2. The number of nitrogens with zero attached hydrogens (tertiary/aromatic N) is 6. The summed E-state index contributed by atoms with van der Waals surface area (Å²) in [4.78, 5) is 25.3. The summed E-state index contributed by atoms with van der Waals surface area (Å²) in [5, 5.41) is 8.28. The topological polar surface area (TPSA) is 112 Å². The summed E-state index contributed by atoms with van der Waals surface area (Å²) in [6, 6.07) is 7.08. The number of aromatic nitrogens is 5. The van der Waals surface area contributed by atoms with Crippen LogP contribution >= 0.6 is 0 Å².